The van der Waals surface area contributed by atoms with Crippen LogP contribution < -0.4 is 5.32 Å². The molecule has 3 aromatic rings. The van der Waals surface area contributed by atoms with E-state index < -0.39 is 0 Å². The van der Waals surface area contributed by atoms with E-state index in [2.05, 4.69) is 38.6 Å². The van der Waals surface area contributed by atoms with Crippen LogP contribution >= 0.6 is 0 Å². The Morgan fingerprint density at radius 2 is 2.32 bits per heavy atom. The van der Waals surface area contributed by atoms with Crippen molar-refractivity contribution in [2.24, 2.45) is 0 Å². The normalized spacial score (nSPS) is 17.8. The number of aromatic nitrogens is 4. The minimum Gasteiger partial charge on any atom is -0.361 e. The van der Waals surface area contributed by atoms with E-state index in [1.807, 2.05) is 21.8 Å². The van der Waals surface area contributed by atoms with E-state index in [0.29, 0.717) is 13.1 Å². The highest BCUT2D eigenvalue weighted by atomic mass is 16.2. The number of hydrogen-bond acceptors (Lipinski definition) is 3. The molecule has 1 unspecified atom stereocenters. The van der Waals surface area contributed by atoms with Gasteiger partial charge in [-0.2, -0.15) is 5.10 Å². The number of hydrogen-bond donors (Lipinski definition) is 2. The van der Waals surface area contributed by atoms with Crippen molar-refractivity contribution in [2.45, 2.75) is 25.3 Å². The Morgan fingerprint density at radius 1 is 1.36 bits per heavy atom. The number of urea groups is 1. The summed E-state index contributed by atoms with van der Waals surface area (Å²) in [5.41, 5.74) is 2.38. The molecular formula is C18H22N6O. The van der Waals surface area contributed by atoms with Crippen LogP contribution in [0.1, 0.15) is 24.4 Å². The molecule has 3 heterocycles. The van der Waals surface area contributed by atoms with Crippen LogP contribution in [0.4, 0.5) is 4.79 Å². The van der Waals surface area contributed by atoms with E-state index in [4.69, 9.17) is 0 Å². The number of likely N-dealkylation sites (tertiary alicyclic amines) is 1. The number of benzene rings is 1. The third kappa shape index (κ3) is 3.35. The fraction of sp³-hybridized carbons (Fsp3) is 0.389. The molecule has 130 valence electrons. The van der Waals surface area contributed by atoms with Crippen LogP contribution in [0, 0.1) is 0 Å². The molecule has 0 spiro atoms. The standard InChI is InChI=1S/C18H22N6O/c25-18(23-10-2-4-15(11-23)24-13-19-12-22-24)21-8-6-14-3-1-5-17-16(14)7-9-20-17/h1,3,5,7,9,12-13,15,20H,2,4,6,8,10-11H2,(H,21,25). The minimum absolute atomic E-state index is 0.00561. The first-order valence-corrected chi connectivity index (χ1v) is 8.73. The quantitative estimate of drug-likeness (QED) is 0.766. The molecule has 2 amide bonds. The van der Waals surface area contributed by atoms with Gasteiger partial charge in [0.05, 0.1) is 6.04 Å². The SMILES string of the molecule is O=C(NCCc1cccc2[nH]ccc12)N1CCCC(n2cncn2)C1. The molecule has 0 saturated carbocycles. The van der Waals surface area contributed by atoms with Crippen LogP contribution in [-0.4, -0.2) is 50.3 Å². The van der Waals surface area contributed by atoms with Gasteiger partial charge in [-0.3, -0.25) is 0 Å². The second-order valence-corrected chi connectivity index (χ2v) is 6.46. The zero-order valence-electron chi connectivity index (χ0n) is 14.1. The molecule has 1 aromatic carbocycles. The maximum absolute atomic E-state index is 12.5. The lowest BCUT2D eigenvalue weighted by Crippen LogP contribution is -2.46. The number of rotatable bonds is 4. The van der Waals surface area contributed by atoms with Gasteiger partial charge in [-0.25, -0.2) is 14.5 Å². The Hall–Kier alpha value is -2.83. The van der Waals surface area contributed by atoms with Crippen molar-refractivity contribution in [3.63, 3.8) is 0 Å². The number of fused-ring (bicyclic) bond motifs is 1. The molecule has 0 radical (unpaired) electrons. The molecule has 2 N–H and O–H groups in total. The molecule has 7 nitrogen and oxygen atoms in total. The molecule has 1 aliphatic heterocycles. The number of amides is 2. The minimum atomic E-state index is 0.00561. The zero-order valence-corrected chi connectivity index (χ0v) is 14.1. The van der Waals surface area contributed by atoms with E-state index in [-0.39, 0.29) is 12.1 Å². The number of nitrogens with one attached hydrogen (secondary N) is 2. The predicted molar refractivity (Wildman–Crippen MR) is 95.3 cm³/mol. The summed E-state index contributed by atoms with van der Waals surface area (Å²) in [7, 11) is 0. The largest absolute Gasteiger partial charge is 0.361 e. The first kappa shape index (κ1) is 15.7. The van der Waals surface area contributed by atoms with Gasteiger partial charge in [0.25, 0.3) is 0 Å². The summed E-state index contributed by atoms with van der Waals surface area (Å²) in [5.74, 6) is 0. The van der Waals surface area contributed by atoms with Crippen molar-refractivity contribution in [1.29, 1.82) is 0 Å². The summed E-state index contributed by atoms with van der Waals surface area (Å²) < 4.78 is 1.85. The molecule has 4 rings (SSSR count). The molecular weight excluding hydrogens is 316 g/mol. The van der Waals surface area contributed by atoms with Crippen LogP contribution in [0.5, 0.6) is 0 Å². The van der Waals surface area contributed by atoms with Crippen LogP contribution in [0.25, 0.3) is 10.9 Å². The molecule has 1 atom stereocenters. The highest BCUT2D eigenvalue weighted by molar-refractivity contribution is 5.83. The molecule has 0 bridgehead atoms. The van der Waals surface area contributed by atoms with Crippen molar-refractivity contribution in [1.82, 2.24) is 30.0 Å². The number of piperidine rings is 1. The molecule has 25 heavy (non-hydrogen) atoms. The van der Waals surface area contributed by atoms with E-state index >= 15 is 0 Å². The van der Waals surface area contributed by atoms with E-state index in [0.717, 1.165) is 31.3 Å². The predicted octanol–water partition coefficient (Wildman–Crippen LogP) is 2.35. The summed E-state index contributed by atoms with van der Waals surface area (Å²) in [4.78, 5) is 21.6. The topological polar surface area (TPSA) is 78.8 Å². The van der Waals surface area contributed by atoms with Crippen molar-refractivity contribution in [3.05, 3.63) is 48.7 Å². The Balaban J connectivity index is 1.32. The molecule has 2 aromatic heterocycles. The van der Waals surface area contributed by atoms with Crippen LogP contribution in [0.2, 0.25) is 0 Å². The van der Waals surface area contributed by atoms with E-state index in [9.17, 15) is 4.79 Å². The third-order valence-corrected chi connectivity index (χ3v) is 4.85. The van der Waals surface area contributed by atoms with Crippen LogP contribution in [-0.2, 0) is 6.42 Å². The third-order valence-electron chi connectivity index (χ3n) is 4.85. The smallest absolute Gasteiger partial charge is 0.317 e. The van der Waals surface area contributed by atoms with Gasteiger partial charge in [-0.15, -0.1) is 0 Å². The first-order chi connectivity index (χ1) is 12.3. The Labute approximate surface area is 146 Å². The Bertz CT molecular complexity index is 840. The van der Waals surface area contributed by atoms with Crippen molar-refractivity contribution < 1.29 is 4.79 Å². The second kappa shape index (κ2) is 6.96. The van der Waals surface area contributed by atoms with E-state index in [1.54, 1.807) is 12.7 Å². The molecule has 1 fully saturated rings. The van der Waals surface area contributed by atoms with Crippen molar-refractivity contribution >= 4 is 16.9 Å². The fourth-order valence-corrected chi connectivity index (χ4v) is 3.55. The number of H-pyrrole nitrogens is 1. The lowest BCUT2D eigenvalue weighted by Gasteiger charge is -2.32. The van der Waals surface area contributed by atoms with Crippen LogP contribution in [0.15, 0.2) is 43.1 Å². The van der Waals surface area contributed by atoms with Gasteiger partial charge in [-0.05, 0) is 37.0 Å². The van der Waals surface area contributed by atoms with Crippen molar-refractivity contribution in [3.8, 4) is 0 Å². The van der Waals surface area contributed by atoms with Gasteiger partial charge in [0.1, 0.15) is 12.7 Å². The molecule has 1 saturated heterocycles. The summed E-state index contributed by atoms with van der Waals surface area (Å²) in [6.45, 7) is 2.11. The second-order valence-electron chi connectivity index (χ2n) is 6.46. The first-order valence-electron chi connectivity index (χ1n) is 8.73. The van der Waals surface area contributed by atoms with Gasteiger partial charge in [0.15, 0.2) is 0 Å². The number of carbonyl (C=O) groups is 1. The average molecular weight is 338 g/mol. The fourth-order valence-electron chi connectivity index (χ4n) is 3.55. The summed E-state index contributed by atoms with van der Waals surface area (Å²) >= 11 is 0. The lowest BCUT2D eigenvalue weighted by molar-refractivity contribution is 0.163. The molecule has 7 heteroatoms. The number of nitrogens with zero attached hydrogens (tertiary/aromatic N) is 4. The molecule has 1 aliphatic rings. The Morgan fingerprint density at radius 3 is 3.20 bits per heavy atom. The monoisotopic (exact) mass is 338 g/mol. The Kier molecular flexibility index (Phi) is 4.37. The average Bonchev–Trinajstić information content (AvgIpc) is 3.34. The summed E-state index contributed by atoms with van der Waals surface area (Å²) in [6.07, 6.45) is 8.06. The summed E-state index contributed by atoms with van der Waals surface area (Å²) in [5, 5.41) is 8.48. The molecule has 0 aliphatic carbocycles. The maximum atomic E-state index is 12.5. The maximum Gasteiger partial charge on any atom is 0.317 e. The summed E-state index contributed by atoms with van der Waals surface area (Å²) in [6, 6.07) is 8.53. The van der Waals surface area contributed by atoms with Gasteiger partial charge in [0.2, 0.25) is 0 Å². The lowest BCUT2D eigenvalue weighted by atomic mass is 10.1. The van der Waals surface area contributed by atoms with Gasteiger partial charge >= 0.3 is 6.03 Å². The van der Waals surface area contributed by atoms with Gasteiger partial charge in [-0.1, -0.05) is 12.1 Å². The van der Waals surface area contributed by atoms with Crippen molar-refractivity contribution in [2.75, 3.05) is 19.6 Å². The van der Waals surface area contributed by atoms with Crippen LogP contribution in [0.3, 0.4) is 0 Å². The van der Waals surface area contributed by atoms with Gasteiger partial charge < -0.3 is 15.2 Å². The highest BCUT2D eigenvalue weighted by Crippen LogP contribution is 2.20. The highest BCUT2D eigenvalue weighted by Gasteiger charge is 2.24. The zero-order chi connectivity index (χ0) is 17.1. The van der Waals surface area contributed by atoms with Gasteiger partial charge in [0, 0.05) is 36.7 Å². The number of aromatic amines is 1. The van der Waals surface area contributed by atoms with E-state index in [1.165, 1.54) is 10.9 Å². The number of carbonyl (C=O) groups excluding carboxylic acids is 1.